The fraction of sp³-hybridized carbons (Fsp3) is 0.133. The van der Waals surface area contributed by atoms with E-state index in [0.717, 1.165) is 10.9 Å². The molecule has 0 aliphatic heterocycles. The summed E-state index contributed by atoms with van der Waals surface area (Å²) >= 11 is 0. The lowest BCUT2D eigenvalue weighted by Gasteiger charge is -2.07. The van der Waals surface area contributed by atoms with Gasteiger partial charge in [-0.3, -0.25) is 4.98 Å². The van der Waals surface area contributed by atoms with E-state index < -0.39 is 0 Å². The smallest absolute Gasteiger partial charge is 0.169 e. The molecule has 0 bridgehead atoms. The molecule has 2 heterocycles. The molecule has 1 unspecified atom stereocenters. The van der Waals surface area contributed by atoms with Crippen LogP contribution in [0, 0.1) is 5.82 Å². The van der Waals surface area contributed by atoms with E-state index in [-0.39, 0.29) is 17.4 Å². The summed E-state index contributed by atoms with van der Waals surface area (Å²) in [7, 11) is 0. The van der Waals surface area contributed by atoms with Crippen molar-refractivity contribution in [3.63, 3.8) is 0 Å². The van der Waals surface area contributed by atoms with Gasteiger partial charge < -0.3 is 10.2 Å². The summed E-state index contributed by atoms with van der Waals surface area (Å²) in [4.78, 5) is 4.04. The van der Waals surface area contributed by atoms with E-state index in [1.807, 2.05) is 18.2 Å². The molecule has 4 heteroatoms. The fourth-order valence-corrected chi connectivity index (χ4v) is 2.10. The molecule has 0 radical (unpaired) electrons. The molecular formula is C15H13FN2O. The SMILES string of the molecule is NC(Cc1cccnc1)c1cc2cccc(F)c2o1. The van der Waals surface area contributed by atoms with Crippen LogP contribution in [-0.4, -0.2) is 4.98 Å². The zero-order chi connectivity index (χ0) is 13.2. The molecule has 0 spiro atoms. The highest BCUT2D eigenvalue weighted by molar-refractivity contribution is 5.78. The molecule has 3 nitrogen and oxygen atoms in total. The maximum absolute atomic E-state index is 13.5. The van der Waals surface area contributed by atoms with Crippen LogP contribution in [0.4, 0.5) is 4.39 Å². The van der Waals surface area contributed by atoms with Crippen LogP contribution >= 0.6 is 0 Å². The van der Waals surface area contributed by atoms with Crippen molar-refractivity contribution in [3.8, 4) is 0 Å². The Morgan fingerprint density at radius 1 is 1.26 bits per heavy atom. The van der Waals surface area contributed by atoms with Crippen molar-refractivity contribution >= 4 is 11.0 Å². The lowest BCUT2D eigenvalue weighted by Crippen LogP contribution is -2.12. The predicted molar refractivity (Wildman–Crippen MR) is 71.0 cm³/mol. The third kappa shape index (κ3) is 2.35. The summed E-state index contributed by atoms with van der Waals surface area (Å²) in [5.74, 6) is 0.223. The Morgan fingerprint density at radius 2 is 2.16 bits per heavy atom. The fourth-order valence-electron chi connectivity index (χ4n) is 2.10. The van der Waals surface area contributed by atoms with E-state index in [0.29, 0.717) is 12.2 Å². The second-order valence-corrected chi connectivity index (χ2v) is 4.48. The average Bonchev–Trinajstić information content (AvgIpc) is 2.85. The van der Waals surface area contributed by atoms with Crippen LogP contribution in [0.2, 0.25) is 0 Å². The first kappa shape index (κ1) is 11.9. The van der Waals surface area contributed by atoms with Crippen LogP contribution in [-0.2, 0) is 6.42 Å². The van der Waals surface area contributed by atoms with Crippen molar-refractivity contribution in [2.45, 2.75) is 12.5 Å². The second-order valence-electron chi connectivity index (χ2n) is 4.48. The summed E-state index contributed by atoms with van der Waals surface area (Å²) in [5.41, 5.74) is 7.38. The molecule has 2 aromatic heterocycles. The summed E-state index contributed by atoms with van der Waals surface area (Å²) in [6, 6.07) is 10.1. The molecule has 3 rings (SSSR count). The number of para-hydroxylation sites is 1. The summed E-state index contributed by atoms with van der Waals surface area (Å²) in [6.07, 6.45) is 4.09. The van der Waals surface area contributed by atoms with Crippen molar-refractivity contribution in [1.82, 2.24) is 4.98 Å². The third-order valence-corrected chi connectivity index (χ3v) is 3.06. The Hall–Kier alpha value is -2.20. The standard InChI is InChI=1S/C15H13FN2O/c16-12-5-1-4-11-8-14(19-15(11)12)13(17)7-10-3-2-6-18-9-10/h1-6,8-9,13H,7,17H2. The minimum absolute atomic E-state index is 0.263. The molecule has 19 heavy (non-hydrogen) atoms. The minimum atomic E-state index is -0.364. The highest BCUT2D eigenvalue weighted by atomic mass is 19.1. The average molecular weight is 256 g/mol. The molecule has 0 amide bonds. The molecule has 0 saturated heterocycles. The number of nitrogens with two attached hydrogens (primary N) is 1. The summed E-state index contributed by atoms with van der Waals surface area (Å²) in [5, 5.41) is 0.733. The van der Waals surface area contributed by atoms with E-state index >= 15 is 0 Å². The van der Waals surface area contributed by atoms with Gasteiger partial charge in [-0.25, -0.2) is 4.39 Å². The van der Waals surface area contributed by atoms with Gasteiger partial charge >= 0.3 is 0 Å². The number of nitrogens with zero attached hydrogens (tertiary/aromatic N) is 1. The number of aromatic nitrogens is 1. The van der Waals surface area contributed by atoms with Crippen molar-refractivity contribution in [2.75, 3.05) is 0 Å². The zero-order valence-corrected chi connectivity index (χ0v) is 10.2. The lowest BCUT2D eigenvalue weighted by molar-refractivity contribution is 0.478. The molecule has 0 aliphatic carbocycles. The quantitative estimate of drug-likeness (QED) is 0.782. The maximum atomic E-state index is 13.5. The van der Waals surface area contributed by atoms with Crippen LogP contribution in [0.25, 0.3) is 11.0 Å². The van der Waals surface area contributed by atoms with Crippen molar-refractivity contribution in [2.24, 2.45) is 5.73 Å². The normalized spacial score (nSPS) is 12.7. The van der Waals surface area contributed by atoms with E-state index in [1.165, 1.54) is 6.07 Å². The van der Waals surface area contributed by atoms with Crippen molar-refractivity contribution < 1.29 is 8.81 Å². The van der Waals surface area contributed by atoms with E-state index in [1.54, 1.807) is 24.5 Å². The monoisotopic (exact) mass is 256 g/mol. The number of pyridine rings is 1. The number of benzene rings is 1. The van der Waals surface area contributed by atoms with Crippen molar-refractivity contribution in [3.05, 3.63) is 65.9 Å². The highest BCUT2D eigenvalue weighted by Gasteiger charge is 2.14. The van der Waals surface area contributed by atoms with Gasteiger partial charge in [-0.1, -0.05) is 18.2 Å². The van der Waals surface area contributed by atoms with Crippen molar-refractivity contribution in [1.29, 1.82) is 0 Å². The summed E-state index contributed by atoms with van der Waals surface area (Å²) in [6.45, 7) is 0. The molecule has 1 aromatic carbocycles. The largest absolute Gasteiger partial charge is 0.456 e. The molecule has 2 N–H and O–H groups in total. The number of hydrogen-bond acceptors (Lipinski definition) is 3. The molecule has 3 aromatic rings. The Balaban J connectivity index is 1.89. The topological polar surface area (TPSA) is 52.0 Å². The Bertz CT molecular complexity index is 694. The van der Waals surface area contributed by atoms with Gasteiger partial charge in [-0.15, -0.1) is 0 Å². The number of halogens is 1. The molecule has 1 atom stereocenters. The van der Waals surface area contributed by atoms with Gasteiger partial charge in [-0.2, -0.15) is 0 Å². The minimum Gasteiger partial charge on any atom is -0.456 e. The van der Waals surface area contributed by atoms with Crippen LogP contribution < -0.4 is 5.73 Å². The number of furan rings is 1. The Labute approximate surface area is 109 Å². The van der Waals surface area contributed by atoms with Gasteiger partial charge in [0.05, 0.1) is 6.04 Å². The lowest BCUT2D eigenvalue weighted by atomic mass is 10.1. The summed E-state index contributed by atoms with van der Waals surface area (Å²) < 4.78 is 19.1. The van der Waals surface area contributed by atoms with Gasteiger partial charge in [0, 0.05) is 17.8 Å². The first-order valence-electron chi connectivity index (χ1n) is 6.06. The third-order valence-electron chi connectivity index (χ3n) is 3.06. The van der Waals surface area contributed by atoms with Gasteiger partial charge in [0.25, 0.3) is 0 Å². The zero-order valence-electron chi connectivity index (χ0n) is 10.2. The predicted octanol–water partition coefficient (Wildman–Crippen LogP) is 3.21. The van der Waals surface area contributed by atoms with Gasteiger partial charge in [-0.05, 0) is 30.2 Å². The number of hydrogen-bond donors (Lipinski definition) is 1. The van der Waals surface area contributed by atoms with Gasteiger partial charge in [0.2, 0.25) is 0 Å². The van der Waals surface area contributed by atoms with Crippen LogP contribution in [0.1, 0.15) is 17.4 Å². The number of fused-ring (bicyclic) bond motifs is 1. The molecular weight excluding hydrogens is 243 g/mol. The second kappa shape index (κ2) is 4.82. The van der Waals surface area contributed by atoms with Crippen LogP contribution in [0.5, 0.6) is 0 Å². The number of rotatable bonds is 3. The molecule has 0 aliphatic rings. The first-order chi connectivity index (χ1) is 9.24. The maximum Gasteiger partial charge on any atom is 0.169 e. The van der Waals surface area contributed by atoms with Gasteiger partial charge in [0.15, 0.2) is 11.4 Å². The Kier molecular flexibility index (Phi) is 3.01. The van der Waals surface area contributed by atoms with Crippen LogP contribution in [0.3, 0.4) is 0 Å². The van der Waals surface area contributed by atoms with Crippen LogP contribution in [0.15, 0.2) is 53.2 Å². The van der Waals surface area contributed by atoms with E-state index in [9.17, 15) is 4.39 Å². The van der Waals surface area contributed by atoms with E-state index in [2.05, 4.69) is 4.98 Å². The van der Waals surface area contributed by atoms with Gasteiger partial charge in [0.1, 0.15) is 5.76 Å². The Morgan fingerprint density at radius 3 is 2.89 bits per heavy atom. The highest BCUT2D eigenvalue weighted by Crippen LogP contribution is 2.26. The first-order valence-corrected chi connectivity index (χ1v) is 6.06. The molecule has 96 valence electrons. The molecule has 0 fully saturated rings. The molecule has 0 saturated carbocycles. The van der Waals surface area contributed by atoms with E-state index in [4.69, 9.17) is 10.2 Å².